The standard InChI is InChI=1S/C50H39NS/c1-2-9-35-29-39(21-16-33(35)8-1)51(38-19-17-34(18-20-38)41-12-7-13-45-44-11-4-6-15-48(44)52-49(41)45)40-22-23-43-42-10-3-5-14-46(42)50(47(43)30-40)36-25-31-24-32(27-36)28-37(50)26-31/h1-23,29-32,36-37H,24-28H2. The number of fused-ring (bicyclic) bond motifs is 7. The highest BCUT2D eigenvalue weighted by molar-refractivity contribution is 7.26. The zero-order valence-electron chi connectivity index (χ0n) is 29.1. The summed E-state index contributed by atoms with van der Waals surface area (Å²) in [6.07, 6.45) is 7.06. The molecule has 1 spiro atoms. The summed E-state index contributed by atoms with van der Waals surface area (Å²) in [6, 6.07) is 57.6. The van der Waals surface area contributed by atoms with Gasteiger partial charge >= 0.3 is 0 Å². The van der Waals surface area contributed by atoms with E-state index in [1.165, 1.54) is 102 Å². The summed E-state index contributed by atoms with van der Waals surface area (Å²) in [7, 11) is 0. The summed E-state index contributed by atoms with van der Waals surface area (Å²) in [6.45, 7) is 0. The number of nitrogens with zero attached hydrogens (tertiary/aromatic N) is 1. The fourth-order valence-electron chi connectivity index (χ4n) is 11.8. The molecule has 0 N–H and O–H groups in total. The molecule has 1 heterocycles. The molecule has 1 nitrogen and oxygen atoms in total. The van der Waals surface area contributed by atoms with Crippen molar-refractivity contribution in [2.24, 2.45) is 23.7 Å². The van der Waals surface area contributed by atoms with Crippen molar-refractivity contribution in [1.29, 1.82) is 0 Å². The Bertz CT molecular complexity index is 2690. The fourth-order valence-corrected chi connectivity index (χ4v) is 13.0. The molecule has 2 heteroatoms. The molecule has 0 radical (unpaired) electrons. The lowest BCUT2D eigenvalue weighted by molar-refractivity contribution is -0.0399. The molecule has 4 saturated carbocycles. The van der Waals surface area contributed by atoms with E-state index in [0.717, 1.165) is 23.7 Å². The van der Waals surface area contributed by atoms with E-state index < -0.39 is 0 Å². The van der Waals surface area contributed by atoms with Gasteiger partial charge in [-0.15, -0.1) is 11.3 Å². The summed E-state index contributed by atoms with van der Waals surface area (Å²) < 4.78 is 2.71. The third-order valence-electron chi connectivity index (χ3n) is 13.6. The minimum atomic E-state index is 0.136. The Labute approximate surface area is 309 Å². The highest BCUT2D eigenvalue weighted by atomic mass is 32.1. The van der Waals surface area contributed by atoms with Gasteiger partial charge in [0.25, 0.3) is 0 Å². The fraction of sp³-hybridized carbons (Fsp3) is 0.200. The summed E-state index contributed by atoms with van der Waals surface area (Å²) in [4.78, 5) is 2.52. The van der Waals surface area contributed by atoms with Crippen LogP contribution in [-0.4, -0.2) is 0 Å². The van der Waals surface area contributed by atoms with E-state index in [4.69, 9.17) is 0 Å². The molecule has 13 rings (SSSR count). The Hall–Kier alpha value is -5.18. The minimum absolute atomic E-state index is 0.136. The Kier molecular flexibility index (Phi) is 6.17. The molecule has 0 saturated heterocycles. The molecule has 5 aliphatic carbocycles. The van der Waals surface area contributed by atoms with E-state index in [0.29, 0.717) is 0 Å². The molecule has 4 fully saturated rings. The maximum atomic E-state index is 2.62. The molecular formula is C50H39NS. The third-order valence-corrected chi connectivity index (χ3v) is 14.8. The number of benzene rings is 7. The van der Waals surface area contributed by atoms with Crippen molar-refractivity contribution in [3.05, 3.63) is 163 Å². The molecule has 7 aromatic carbocycles. The normalized spacial score (nSPS) is 23.8. The maximum Gasteiger partial charge on any atom is 0.0468 e. The van der Waals surface area contributed by atoms with Crippen LogP contribution in [0.2, 0.25) is 0 Å². The van der Waals surface area contributed by atoms with Crippen LogP contribution in [0.3, 0.4) is 0 Å². The van der Waals surface area contributed by atoms with Gasteiger partial charge in [0.15, 0.2) is 0 Å². The highest BCUT2D eigenvalue weighted by Crippen LogP contribution is 2.69. The third kappa shape index (κ3) is 4.05. The highest BCUT2D eigenvalue weighted by Gasteiger charge is 2.61. The first kappa shape index (κ1) is 29.4. The summed E-state index contributed by atoms with van der Waals surface area (Å²) in [5, 5.41) is 5.23. The molecule has 0 amide bonds. The van der Waals surface area contributed by atoms with E-state index in [-0.39, 0.29) is 5.41 Å². The van der Waals surface area contributed by atoms with Crippen LogP contribution in [0.4, 0.5) is 17.1 Å². The van der Waals surface area contributed by atoms with Crippen LogP contribution in [-0.2, 0) is 5.41 Å². The van der Waals surface area contributed by atoms with Gasteiger partial charge < -0.3 is 4.90 Å². The van der Waals surface area contributed by atoms with Gasteiger partial charge in [0.1, 0.15) is 0 Å². The SMILES string of the molecule is c1ccc2c(c1)-c1ccc(N(c3ccc(-c4cccc5c4sc4ccccc45)cc3)c3ccc4ccccc4c3)cc1C21C2CC3CC(C2)CC1C3. The maximum absolute atomic E-state index is 2.62. The lowest BCUT2D eigenvalue weighted by Crippen LogP contribution is -2.55. The Morgan fingerprint density at radius 3 is 1.94 bits per heavy atom. The monoisotopic (exact) mass is 685 g/mol. The van der Waals surface area contributed by atoms with Crippen molar-refractivity contribution < 1.29 is 0 Å². The second-order valence-corrected chi connectivity index (χ2v) is 17.2. The van der Waals surface area contributed by atoms with E-state index in [9.17, 15) is 0 Å². The molecule has 250 valence electrons. The number of rotatable bonds is 4. The van der Waals surface area contributed by atoms with Crippen LogP contribution in [0.25, 0.3) is 53.2 Å². The van der Waals surface area contributed by atoms with Crippen LogP contribution in [0.5, 0.6) is 0 Å². The van der Waals surface area contributed by atoms with Gasteiger partial charge in [-0.25, -0.2) is 0 Å². The van der Waals surface area contributed by atoms with Crippen molar-refractivity contribution in [2.45, 2.75) is 37.5 Å². The van der Waals surface area contributed by atoms with Crippen molar-refractivity contribution in [3.8, 4) is 22.3 Å². The minimum Gasteiger partial charge on any atom is -0.310 e. The van der Waals surface area contributed by atoms with E-state index >= 15 is 0 Å². The largest absolute Gasteiger partial charge is 0.310 e. The first-order chi connectivity index (χ1) is 25.7. The molecule has 0 aliphatic heterocycles. The van der Waals surface area contributed by atoms with Crippen LogP contribution in [0.15, 0.2) is 152 Å². The molecule has 0 atom stereocenters. The average Bonchev–Trinajstić information content (AvgIpc) is 3.71. The number of hydrogen-bond acceptors (Lipinski definition) is 2. The van der Waals surface area contributed by atoms with Gasteiger partial charge in [-0.1, -0.05) is 109 Å². The Morgan fingerprint density at radius 1 is 0.462 bits per heavy atom. The van der Waals surface area contributed by atoms with E-state index in [1.807, 2.05) is 11.3 Å². The Balaban J connectivity index is 1.03. The van der Waals surface area contributed by atoms with Crippen LogP contribution in [0, 0.1) is 23.7 Å². The lowest BCUT2D eigenvalue weighted by atomic mass is 9.43. The summed E-state index contributed by atoms with van der Waals surface area (Å²) in [5.74, 6) is 3.34. The number of anilines is 3. The molecule has 1 aromatic heterocycles. The molecule has 52 heavy (non-hydrogen) atoms. The molecule has 0 unspecified atom stereocenters. The van der Waals surface area contributed by atoms with Crippen LogP contribution < -0.4 is 4.90 Å². The first-order valence-corrected chi connectivity index (χ1v) is 20.1. The van der Waals surface area contributed by atoms with Crippen molar-refractivity contribution in [2.75, 3.05) is 4.90 Å². The zero-order valence-corrected chi connectivity index (χ0v) is 30.0. The summed E-state index contributed by atoms with van der Waals surface area (Å²) >= 11 is 1.90. The van der Waals surface area contributed by atoms with Gasteiger partial charge in [-0.05, 0) is 142 Å². The van der Waals surface area contributed by atoms with E-state index in [2.05, 4.69) is 157 Å². The van der Waals surface area contributed by atoms with Crippen molar-refractivity contribution >= 4 is 59.3 Å². The van der Waals surface area contributed by atoms with Crippen LogP contribution >= 0.6 is 11.3 Å². The molecular weight excluding hydrogens is 647 g/mol. The van der Waals surface area contributed by atoms with Gasteiger partial charge in [-0.3, -0.25) is 0 Å². The first-order valence-electron chi connectivity index (χ1n) is 19.3. The smallest absolute Gasteiger partial charge is 0.0468 e. The predicted molar refractivity (Wildman–Crippen MR) is 220 cm³/mol. The van der Waals surface area contributed by atoms with Crippen molar-refractivity contribution in [3.63, 3.8) is 0 Å². The van der Waals surface area contributed by atoms with Gasteiger partial charge in [0.05, 0.1) is 0 Å². The quantitative estimate of drug-likeness (QED) is 0.178. The van der Waals surface area contributed by atoms with Crippen LogP contribution in [0.1, 0.15) is 43.2 Å². The summed E-state index contributed by atoms with van der Waals surface area (Å²) in [5.41, 5.74) is 12.5. The molecule has 8 aromatic rings. The van der Waals surface area contributed by atoms with Crippen molar-refractivity contribution in [1.82, 2.24) is 0 Å². The lowest BCUT2D eigenvalue weighted by Gasteiger charge is -2.61. The average molecular weight is 686 g/mol. The topological polar surface area (TPSA) is 3.24 Å². The predicted octanol–water partition coefficient (Wildman–Crippen LogP) is 14.1. The van der Waals surface area contributed by atoms with Gasteiger partial charge in [-0.2, -0.15) is 0 Å². The van der Waals surface area contributed by atoms with Gasteiger partial charge in [0, 0.05) is 42.6 Å². The molecule has 4 bridgehead atoms. The molecule has 5 aliphatic rings. The number of hydrogen-bond donors (Lipinski definition) is 0. The van der Waals surface area contributed by atoms with E-state index in [1.54, 1.807) is 11.1 Å². The second kappa shape index (κ2) is 10.9. The van der Waals surface area contributed by atoms with Gasteiger partial charge in [0.2, 0.25) is 0 Å². The number of thiophene rings is 1. The zero-order chi connectivity index (χ0) is 34.0. The Morgan fingerprint density at radius 2 is 1.10 bits per heavy atom. The second-order valence-electron chi connectivity index (χ2n) is 16.1.